The lowest BCUT2D eigenvalue weighted by molar-refractivity contribution is -0.155. The third-order valence-electron chi connectivity index (χ3n) is 16.8. The number of imidazole rings is 2. The predicted octanol–water partition coefficient (Wildman–Crippen LogP) is 2.57. The fraction of sp³-hybridized carbons (Fsp3) is 0.431. The summed E-state index contributed by atoms with van der Waals surface area (Å²) in [4.78, 5) is 129. The number of carbonyl (C=O) groups excluding carboxylic acids is 7. The van der Waals surface area contributed by atoms with Gasteiger partial charge in [0.25, 0.3) is 11.8 Å². The SMILES string of the molecule is Cc1cc(OCCCC(=O)NCCNC(=O)CCC(NCCC(=O)OC(C)(C)C)C(=O)NCCNC(=O)CCCOc2cc(C)c(S(=O)(=O)N[C@H](CNC(=O)c3ccc4c(cnn4CCNc4ncc[nH]4)c3)C(=O)O)c(C)c2)cc(C)c1S(=O)(=O)N[C@@H](CNC(=O)c1ccc2c(cnn2CCNc2ncc[nH]2)c1)C(=O)O. The number of amides is 6. The fourth-order valence-corrected chi connectivity index (χ4v) is 15.0. The van der Waals surface area contributed by atoms with Gasteiger partial charge in [-0.25, -0.2) is 26.8 Å². The first-order valence-electron chi connectivity index (χ1n) is 35.8. The Morgan fingerprint density at radius 3 is 1.32 bits per heavy atom. The van der Waals surface area contributed by atoms with Crippen LogP contribution in [-0.4, -0.2) is 216 Å². The molecule has 0 bridgehead atoms. The maximum atomic E-state index is 13.7. The van der Waals surface area contributed by atoms with E-state index in [1.165, 1.54) is 52.0 Å². The molecule has 0 aliphatic heterocycles. The normalized spacial score (nSPS) is 12.5. The van der Waals surface area contributed by atoms with Crippen molar-refractivity contribution < 1.29 is 84.4 Å². The molecule has 15 N–H and O–H groups in total. The number of nitrogens with zero attached hydrogens (tertiary/aromatic N) is 6. The highest BCUT2D eigenvalue weighted by molar-refractivity contribution is 7.90. The van der Waals surface area contributed by atoms with Crippen molar-refractivity contribution in [1.29, 1.82) is 0 Å². The highest BCUT2D eigenvalue weighted by Gasteiger charge is 2.32. The van der Waals surface area contributed by atoms with Crippen molar-refractivity contribution >= 4 is 107 Å². The minimum Gasteiger partial charge on any atom is -0.494 e. The number of aromatic nitrogens is 8. The molecule has 1 unspecified atom stereocenters. The number of hydrogen-bond acceptors (Lipinski definition) is 23. The van der Waals surface area contributed by atoms with Crippen molar-refractivity contribution in [2.24, 2.45) is 0 Å². The number of nitrogens with one attached hydrogen (secondary N) is 13. The summed E-state index contributed by atoms with van der Waals surface area (Å²) in [6, 6.07) is 11.2. The first kappa shape index (κ1) is 85.1. The first-order chi connectivity index (χ1) is 52.8. The Kier molecular flexibility index (Phi) is 30.8. The molecule has 8 aromatic rings. The number of carboxylic acid groups (broad SMARTS) is 2. The predicted molar refractivity (Wildman–Crippen MR) is 407 cm³/mol. The van der Waals surface area contributed by atoms with E-state index < -0.39 is 98.4 Å². The van der Waals surface area contributed by atoms with E-state index in [0.717, 1.165) is 11.0 Å². The third kappa shape index (κ3) is 26.3. The number of aliphatic carboxylic acids is 2. The van der Waals surface area contributed by atoms with Crippen LogP contribution in [0.4, 0.5) is 11.9 Å². The van der Waals surface area contributed by atoms with Gasteiger partial charge in [-0.15, -0.1) is 0 Å². The summed E-state index contributed by atoms with van der Waals surface area (Å²) in [5.41, 5.74) is 2.17. The number of sulfonamides is 2. The molecule has 4 aromatic carbocycles. The van der Waals surface area contributed by atoms with E-state index in [1.807, 2.05) is 0 Å². The van der Waals surface area contributed by atoms with Crippen LogP contribution in [0.15, 0.2) is 108 Å². The second-order valence-electron chi connectivity index (χ2n) is 26.9. The number of hydrogen-bond donors (Lipinski definition) is 15. The first-order valence-corrected chi connectivity index (χ1v) is 38.7. The van der Waals surface area contributed by atoms with Gasteiger partial charge in [-0.3, -0.25) is 52.5 Å². The number of carboxylic acids is 2. The van der Waals surface area contributed by atoms with E-state index in [4.69, 9.17) is 14.2 Å². The van der Waals surface area contributed by atoms with Crippen molar-refractivity contribution in [2.75, 3.05) is 82.8 Å². The Labute approximate surface area is 640 Å². The van der Waals surface area contributed by atoms with Gasteiger partial charge in [0, 0.05) is 125 Å². The summed E-state index contributed by atoms with van der Waals surface area (Å²) in [5.74, 6) is -4.61. The Morgan fingerprint density at radius 2 is 0.928 bits per heavy atom. The maximum Gasteiger partial charge on any atom is 0.323 e. The summed E-state index contributed by atoms with van der Waals surface area (Å²) in [5, 5.41) is 55.3. The highest BCUT2D eigenvalue weighted by Crippen LogP contribution is 2.29. The van der Waals surface area contributed by atoms with Gasteiger partial charge in [0.2, 0.25) is 43.7 Å². The quantitative estimate of drug-likeness (QED) is 0.0192. The molecule has 39 heteroatoms. The topological polar surface area (TPSA) is 515 Å². The van der Waals surface area contributed by atoms with Crippen LogP contribution in [0.3, 0.4) is 0 Å². The second kappa shape index (κ2) is 40.2. The number of aryl methyl sites for hydroxylation is 4. The molecule has 0 saturated heterocycles. The van der Waals surface area contributed by atoms with Crippen LogP contribution in [0.2, 0.25) is 0 Å². The molecule has 0 radical (unpaired) electrons. The van der Waals surface area contributed by atoms with Crippen molar-refractivity contribution in [3.8, 4) is 11.5 Å². The molecule has 0 saturated carbocycles. The van der Waals surface area contributed by atoms with Gasteiger partial charge in [0.1, 0.15) is 29.2 Å². The lowest BCUT2D eigenvalue weighted by atomic mass is 10.1. The monoisotopic (exact) mass is 1580 g/mol. The number of anilines is 2. The second-order valence-corrected chi connectivity index (χ2v) is 30.2. The van der Waals surface area contributed by atoms with Gasteiger partial charge in [-0.05, 0) is 151 Å². The molecule has 0 aliphatic rings. The zero-order chi connectivity index (χ0) is 80.4. The zero-order valence-corrected chi connectivity index (χ0v) is 64.2. The van der Waals surface area contributed by atoms with Crippen LogP contribution in [-0.2, 0) is 71.4 Å². The van der Waals surface area contributed by atoms with Gasteiger partial charge in [-0.2, -0.15) is 19.6 Å². The van der Waals surface area contributed by atoms with Crippen LogP contribution >= 0.6 is 0 Å². The Morgan fingerprint density at radius 1 is 0.514 bits per heavy atom. The molecule has 598 valence electrons. The van der Waals surface area contributed by atoms with Crippen molar-refractivity contribution in [2.45, 2.75) is 140 Å². The smallest absolute Gasteiger partial charge is 0.323 e. The zero-order valence-electron chi connectivity index (χ0n) is 62.5. The summed E-state index contributed by atoms with van der Waals surface area (Å²) in [6.07, 6.45) is 10.2. The van der Waals surface area contributed by atoms with Gasteiger partial charge in [-0.1, -0.05) is 0 Å². The van der Waals surface area contributed by atoms with E-state index in [1.54, 1.807) is 104 Å². The maximum absolute atomic E-state index is 13.7. The van der Waals surface area contributed by atoms with Gasteiger partial charge in [0.05, 0.1) is 72.0 Å². The van der Waals surface area contributed by atoms with Crippen LogP contribution in [0, 0.1) is 27.7 Å². The number of ether oxygens (including phenoxy) is 3. The average Bonchev–Trinajstić information content (AvgIpc) is 1.36. The van der Waals surface area contributed by atoms with E-state index >= 15 is 0 Å². The fourth-order valence-electron chi connectivity index (χ4n) is 11.7. The van der Waals surface area contributed by atoms with Gasteiger partial charge in [0.15, 0.2) is 11.9 Å². The summed E-state index contributed by atoms with van der Waals surface area (Å²) in [6.45, 7) is 12.5. The Balaban J connectivity index is 0.696. The largest absolute Gasteiger partial charge is 0.494 e. The molecule has 0 spiro atoms. The molecule has 8 rings (SSSR count). The molecule has 111 heavy (non-hydrogen) atoms. The summed E-state index contributed by atoms with van der Waals surface area (Å²) in [7, 11) is -8.92. The van der Waals surface area contributed by atoms with Gasteiger partial charge < -0.3 is 82.2 Å². The number of fused-ring (bicyclic) bond motifs is 2. The third-order valence-corrected chi connectivity index (χ3v) is 20.4. The minimum absolute atomic E-state index is 0.0103. The molecule has 0 fully saturated rings. The molecule has 0 aliphatic carbocycles. The number of esters is 1. The average molecular weight is 1580 g/mol. The van der Waals surface area contributed by atoms with Crippen molar-refractivity contribution in [3.05, 3.63) is 131 Å². The number of rotatable bonds is 46. The van der Waals surface area contributed by atoms with E-state index in [2.05, 4.69) is 87.4 Å². The Bertz CT molecular complexity index is 4770. The number of benzene rings is 4. The van der Waals surface area contributed by atoms with E-state index in [0.29, 0.717) is 60.3 Å². The highest BCUT2D eigenvalue weighted by atomic mass is 32.2. The number of H-pyrrole nitrogens is 2. The minimum atomic E-state index is -4.46. The molecular formula is C72H95N19O18S2. The molecule has 6 amide bonds. The van der Waals surface area contributed by atoms with E-state index in [-0.39, 0.29) is 146 Å². The van der Waals surface area contributed by atoms with Crippen LogP contribution in [0.5, 0.6) is 11.5 Å². The van der Waals surface area contributed by atoms with Crippen molar-refractivity contribution in [1.82, 2.24) is 86.2 Å². The van der Waals surface area contributed by atoms with E-state index in [9.17, 15) is 70.2 Å². The van der Waals surface area contributed by atoms with Crippen LogP contribution in [0.25, 0.3) is 21.8 Å². The Hall–Kier alpha value is -11.6. The molecule has 4 aromatic heterocycles. The number of carbonyl (C=O) groups is 9. The lowest BCUT2D eigenvalue weighted by Crippen LogP contribution is -2.48. The van der Waals surface area contributed by atoms with Crippen molar-refractivity contribution in [3.63, 3.8) is 0 Å². The molecule has 3 atom stereocenters. The number of aromatic amines is 2. The molecular weight excluding hydrogens is 1480 g/mol. The van der Waals surface area contributed by atoms with Gasteiger partial charge >= 0.3 is 17.9 Å². The summed E-state index contributed by atoms with van der Waals surface area (Å²) >= 11 is 0. The molecule has 37 nitrogen and oxygen atoms in total. The lowest BCUT2D eigenvalue weighted by Gasteiger charge is -2.21. The summed E-state index contributed by atoms with van der Waals surface area (Å²) < 4.78 is 79.8. The molecule has 4 heterocycles. The standard InChI is InChI=1S/C72H95N19O18S2/c1-44-34-52(35-45(2)63(44)110(103,104)88-55(68(99)100)42-84-65(96)48-12-15-57-50(38-48)40-86-90(57)30-28-82-70-78-24-25-79-70)107-32-8-10-59(92)74-20-21-76-61(94)17-14-54(73-19-18-62(95)109-72(5,6)7)67(98)77-23-22-75-60(93)11-9-33-108-53-36-46(3)64(47(4)37-53)111(105,106)89-56(69(101)102)43-85-66(97)49-13-16-58-51(39-49)41-87-91(58)31-29-83-71-80-26-27-81-71/h12-13,15-16,24-27,34-41,54-56,73,88-89H,8-11,14,17-23,28-33,42-43H2,1-7H3,(H,74,92)(H,75,93)(H,76,94)(H,77,98)(H,84,96)(H,85,97)(H,99,100)(H,101,102)(H2,78,79,82)(H2,80,81,83)/t54?,55-,56+/m0/s1. The van der Waals surface area contributed by atoms with Crippen LogP contribution < -0.4 is 66.8 Å². The van der Waals surface area contributed by atoms with Crippen LogP contribution in [0.1, 0.15) is 109 Å².